The Morgan fingerprint density at radius 1 is 1.33 bits per heavy atom. The molecule has 0 saturated carbocycles. The Labute approximate surface area is 95.7 Å². The van der Waals surface area contributed by atoms with E-state index in [9.17, 15) is 9.59 Å². The summed E-state index contributed by atoms with van der Waals surface area (Å²) < 4.78 is 0. The molecule has 0 aromatic carbocycles. The minimum Gasteiger partial charge on any atom is -0.337 e. The zero-order valence-corrected chi connectivity index (χ0v) is 10.4. The van der Waals surface area contributed by atoms with Crippen molar-refractivity contribution in [2.45, 2.75) is 27.7 Å². The maximum Gasteiger partial charge on any atom is 0.321 e. The Morgan fingerprint density at radius 3 is 2.27 bits per heavy atom. The van der Waals surface area contributed by atoms with Crippen LogP contribution in [0.3, 0.4) is 0 Å². The summed E-state index contributed by atoms with van der Waals surface area (Å²) in [5.41, 5.74) is 0.00134. The van der Waals surface area contributed by atoms with E-state index in [4.69, 9.17) is 11.6 Å². The van der Waals surface area contributed by atoms with Gasteiger partial charge in [-0.3, -0.25) is 10.1 Å². The summed E-state index contributed by atoms with van der Waals surface area (Å²) in [6.07, 6.45) is 0. The van der Waals surface area contributed by atoms with Crippen LogP contribution >= 0.6 is 11.6 Å². The molecule has 0 aromatic rings. The number of carbonyl (C=O) groups excluding carboxylic acids is 2. The van der Waals surface area contributed by atoms with Crippen LogP contribution in [-0.4, -0.2) is 24.4 Å². The molecule has 0 unspecified atom stereocenters. The van der Waals surface area contributed by atoms with Gasteiger partial charge in [-0.1, -0.05) is 27.7 Å². The van der Waals surface area contributed by atoms with Crippen LogP contribution in [0.1, 0.15) is 27.7 Å². The van der Waals surface area contributed by atoms with Crippen molar-refractivity contribution in [3.63, 3.8) is 0 Å². The summed E-state index contributed by atoms with van der Waals surface area (Å²) in [5, 5.41) is 4.76. The maximum absolute atomic E-state index is 11.2. The van der Waals surface area contributed by atoms with E-state index in [0.29, 0.717) is 12.5 Å². The molecule has 0 aromatic heterocycles. The van der Waals surface area contributed by atoms with Gasteiger partial charge in [-0.25, -0.2) is 4.79 Å². The van der Waals surface area contributed by atoms with Crippen LogP contribution < -0.4 is 10.6 Å². The Bertz CT molecular complexity index is 240. The van der Waals surface area contributed by atoms with E-state index in [-0.39, 0.29) is 11.3 Å². The second-order valence-corrected chi connectivity index (χ2v) is 4.78. The minimum absolute atomic E-state index is 0.00134. The first kappa shape index (κ1) is 14.2. The molecule has 5 heteroatoms. The van der Waals surface area contributed by atoms with Crippen LogP contribution in [0.2, 0.25) is 0 Å². The molecule has 0 aliphatic heterocycles. The number of nitrogens with one attached hydrogen (secondary N) is 2. The number of rotatable bonds is 4. The normalized spacial score (nSPS) is 11.3. The topological polar surface area (TPSA) is 58.2 Å². The lowest BCUT2D eigenvalue weighted by Crippen LogP contribution is -2.44. The summed E-state index contributed by atoms with van der Waals surface area (Å²) >= 11 is 5.24. The lowest BCUT2D eigenvalue weighted by molar-refractivity contribution is -0.117. The third-order valence-electron chi connectivity index (χ3n) is 2.64. The molecule has 2 N–H and O–H groups in total. The second kappa shape index (κ2) is 5.95. The molecule has 88 valence electrons. The maximum atomic E-state index is 11.2. The zero-order valence-electron chi connectivity index (χ0n) is 9.69. The number of hydrogen-bond acceptors (Lipinski definition) is 2. The number of urea groups is 1. The highest BCUT2D eigenvalue weighted by atomic mass is 35.5. The molecule has 15 heavy (non-hydrogen) atoms. The molecule has 0 atom stereocenters. The molecule has 0 heterocycles. The number of amides is 3. The SMILES string of the molecule is CC(C)C(C)(C)CNC(=O)NC(=O)CCl. The van der Waals surface area contributed by atoms with E-state index in [1.54, 1.807) is 0 Å². The predicted octanol–water partition coefficient (Wildman–Crippen LogP) is 1.73. The fraction of sp³-hybridized carbons (Fsp3) is 0.800. The molecule has 3 amide bonds. The van der Waals surface area contributed by atoms with Crippen molar-refractivity contribution in [2.24, 2.45) is 11.3 Å². The third-order valence-corrected chi connectivity index (χ3v) is 2.88. The standard InChI is InChI=1S/C10H19ClN2O2/c1-7(2)10(3,4)6-12-9(15)13-8(14)5-11/h7H,5-6H2,1-4H3,(H2,12,13,14,15). The van der Waals surface area contributed by atoms with Gasteiger partial charge in [0.25, 0.3) is 0 Å². The smallest absolute Gasteiger partial charge is 0.321 e. The fourth-order valence-corrected chi connectivity index (χ4v) is 0.783. The van der Waals surface area contributed by atoms with E-state index in [0.717, 1.165) is 0 Å². The molecule has 0 radical (unpaired) electrons. The van der Waals surface area contributed by atoms with Crippen molar-refractivity contribution in [2.75, 3.05) is 12.4 Å². The van der Waals surface area contributed by atoms with Gasteiger partial charge in [-0.15, -0.1) is 11.6 Å². The van der Waals surface area contributed by atoms with Gasteiger partial charge >= 0.3 is 6.03 Å². The molecule has 4 nitrogen and oxygen atoms in total. The van der Waals surface area contributed by atoms with Crippen LogP contribution in [0.4, 0.5) is 4.79 Å². The number of alkyl halides is 1. The first-order valence-electron chi connectivity index (χ1n) is 4.93. The number of hydrogen-bond donors (Lipinski definition) is 2. The van der Waals surface area contributed by atoms with Gasteiger partial charge in [-0.2, -0.15) is 0 Å². The first-order valence-corrected chi connectivity index (χ1v) is 5.46. The van der Waals surface area contributed by atoms with Gasteiger partial charge in [0.2, 0.25) is 5.91 Å². The lowest BCUT2D eigenvalue weighted by atomic mass is 9.81. The summed E-state index contributed by atoms with van der Waals surface area (Å²) in [6, 6.07) is -0.491. The van der Waals surface area contributed by atoms with Crippen molar-refractivity contribution in [3.8, 4) is 0 Å². The summed E-state index contributed by atoms with van der Waals surface area (Å²) in [5.74, 6) is -0.251. The van der Waals surface area contributed by atoms with E-state index in [2.05, 4.69) is 38.3 Å². The number of imide groups is 1. The van der Waals surface area contributed by atoms with Crippen molar-refractivity contribution >= 4 is 23.5 Å². The van der Waals surface area contributed by atoms with Gasteiger partial charge in [0.1, 0.15) is 5.88 Å². The van der Waals surface area contributed by atoms with Crippen molar-refractivity contribution in [3.05, 3.63) is 0 Å². The zero-order chi connectivity index (χ0) is 12.1. The van der Waals surface area contributed by atoms with Crippen LogP contribution in [0.5, 0.6) is 0 Å². The average Bonchev–Trinajstić information content (AvgIpc) is 2.14. The van der Waals surface area contributed by atoms with Crippen LogP contribution in [0.25, 0.3) is 0 Å². The Hall–Kier alpha value is -0.770. The molecular formula is C10H19ClN2O2. The summed E-state index contributed by atoms with van der Waals surface area (Å²) in [7, 11) is 0. The minimum atomic E-state index is -0.491. The Morgan fingerprint density at radius 2 is 1.87 bits per heavy atom. The van der Waals surface area contributed by atoms with Crippen LogP contribution in [-0.2, 0) is 4.79 Å². The molecular weight excluding hydrogens is 216 g/mol. The lowest BCUT2D eigenvalue weighted by Gasteiger charge is -2.29. The molecule has 0 fully saturated rings. The quantitative estimate of drug-likeness (QED) is 0.728. The fourth-order valence-electron chi connectivity index (χ4n) is 0.716. The second-order valence-electron chi connectivity index (χ2n) is 4.51. The molecule has 0 bridgehead atoms. The molecule has 0 aliphatic rings. The monoisotopic (exact) mass is 234 g/mol. The van der Waals surface area contributed by atoms with E-state index < -0.39 is 11.9 Å². The van der Waals surface area contributed by atoms with Crippen LogP contribution in [0.15, 0.2) is 0 Å². The van der Waals surface area contributed by atoms with Crippen molar-refractivity contribution in [1.82, 2.24) is 10.6 Å². The molecule has 0 spiro atoms. The molecule has 0 aliphatic carbocycles. The van der Waals surface area contributed by atoms with Crippen molar-refractivity contribution in [1.29, 1.82) is 0 Å². The van der Waals surface area contributed by atoms with Gasteiger partial charge in [0.05, 0.1) is 0 Å². The van der Waals surface area contributed by atoms with E-state index >= 15 is 0 Å². The van der Waals surface area contributed by atoms with Gasteiger partial charge in [0, 0.05) is 6.54 Å². The van der Waals surface area contributed by atoms with Crippen LogP contribution in [0, 0.1) is 11.3 Å². The van der Waals surface area contributed by atoms with E-state index in [1.807, 2.05) is 0 Å². The highest BCUT2D eigenvalue weighted by Crippen LogP contribution is 2.24. The van der Waals surface area contributed by atoms with Gasteiger partial charge in [-0.05, 0) is 11.3 Å². The molecule has 0 saturated heterocycles. The molecule has 0 rings (SSSR count). The van der Waals surface area contributed by atoms with Crippen molar-refractivity contribution < 1.29 is 9.59 Å². The number of halogens is 1. The average molecular weight is 235 g/mol. The summed E-state index contributed by atoms with van der Waals surface area (Å²) in [6.45, 7) is 8.81. The van der Waals surface area contributed by atoms with Gasteiger partial charge in [0.15, 0.2) is 0 Å². The van der Waals surface area contributed by atoms with Gasteiger partial charge < -0.3 is 5.32 Å². The third kappa shape index (κ3) is 5.62. The largest absolute Gasteiger partial charge is 0.337 e. The highest BCUT2D eigenvalue weighted by Gasteiger charge is 2.23. The first-order chi connectivity index (χ1) is 6.79. The van der Waals surface area contributed by atoms with E-state index in [1.165, 1.54) is 0 Å². The highest BCUT2D eigenvalue weighted by molar-refractivity contribution is 6.28. The Kier molecular flexibility index (Phi) is 5.65. The predicted molar refractivity (Wildman–Crippen MR) is 60.9 cm³/mol. The Balaban J connectivity index is 3.96. The number of carbonyl (C=O) groups is 2. The summed E-state index contributed by atoms with van der Waals surface area (Å²) in [4.78, 5) is 22.0.